The maximum Gasteiger partial charge on any atom is 0.417 e. The van der Waals surface area contributed by atoms with Crippen LogP contribution in [0.3, 0.4) is 0 Å². The van der Waals surface area contributed by atoms with Gasteiger partial charge in [0.2, 0.25) is 5.91 Å². The monoisotopic (exact) mass is 526 g/mol. The lowest BCUT2D eigenvalue weighted by molar-refractivity contribution is -0.137. The number of amides is 1. The summed E-state index contributed by atoms with van der Waals surface area (Å²) in [7, 11) is -4.23. The molecule has 0 aliphatic carbocycles. The van der Waals surface area contributed by atoms with Crippen LogP contribution < -0.4 is 19.1 Å². The number of anilines is 2. The molecular formula is C23H18ClF3N2O5S. The topological polar surface area (TPSA) is 84.9 Å². The van der Waals surface area contributed by atoms with E-state index in [0.29, 0.717) is 24.2 Å². The summed E-state index contributed by atoms with van der Waals surface area (Å²) in [5.41, 5.74) is -1.20. The van der Waals surface area contributed by atoms with Gasteiger partial charge in [-0.2, -0.15) is 13.2 Å². The zero-order valence-corrected chi connectivity index (χ0v) is 19.5. The molecule has 3 aromatic rings. The molecule has 0 bridgehead atoms. The first-order valence-electron chi connectivity index (χ1n) is 10.2. The maximum absolute atomic E-state index is 13.4. The Bertz CT molecular complexity index is 1350. The van der Waals surface area contributed by atoms with E-state index >= 15 is 0 Å². The van der Waals surface area contributed by atoms with Crippen LogP contribution in [0.4, 0.5) is 24.5 Å². The molecule has 1 N–H and O–H groups in total. The second-order valence-corrected chi connectivity index (χ2v) is 9.66. The number of alkyl halides is 3. The third-order valence-electron chi connectivity index (χ3n) is 4.99. The number of halogens is 4. The van der Waals surface area contributed by atoms with Gasteiger partial charge in [-0.3, -0.25) is 9.10 Å². The van der Waals surface area contributed by atoms with Gasteiger partial charge >= 0.3 is 6.18 Å². The highest BCUT2D eigenvalue weighted by atomic mass is 35.5. The van der Waals surface area contributed by atoms with Crippen molar-refractivity contribution >= 4 is 38.9 Å². The largest absolute Gasteiger partial charge is 0.486 e. The first-order chi connectivity index (χ1) is 16.6. The van der Waals surface area contributed by atoms with Gasteiger partial charge < -0.3 is 14.8 Å². The molecule has 0 aromatic heterocycles. The van der Waals surface area contributed by atoms with Gasteiger partial charge in [0.05, 0.1) is 21.2 Å². The predicted molar refractivity (Wildman–Crippen MR) is 123 cm³/mol. The number of hydrogen-bond acceptors (Lipinski definition) is 5. The van der Waals surface area contributed by atoms with Crippen LogP contribution in [-0.4, -0.2) is 34.1 Å². The highest BCUT2D eigenvalue weighted by molar-refractivity contribution is 7.92. The van der Waals surface area contributed by atoms with Gasteiger partial charge in [0.1, 0.15) is 19.8 Å². The van der Waals surface area contributed by atoms with Crippen LogP contribution >= 0.6 is 11.6 Å². The molecule has 4 rings (SSSR count). The van der Waals surface area contributed by atoms with Gasteiger partial charge in [-0.1, -0.05) is 29.8 Å². The molecule has 0 saturated carbocycles. The number of rotatable bonds is 6. The number of ether oxygens (including phenoxy) is 2. The Hall–Kier alpha value is -3.44. The summed E-state index contributed by atoms with van der Waals surface area (Å²) in [5, 5.41) is 1.78. The van der Waals surface area contributed by atoms with Crippen LogP contribution in [0.1, 0.15) is 5.56 Å². The number of carbonyl (C=O) groups excluding carboxylic acids is 1. The normalized spacial score (nSPS) is 13.3. The van der Waals surface area contributed by atoms with E-state index in [1.807, 2.05) is 0 Å². The van der Waals surface area contributed by atoms with Crippen molar-refractivity contribution in [3.8, 4) is 11.5 Å². The van der Waals surface area contributed by atoms with Gasteiger partial charge in [-0.05, 0) is 42.5 Å². The fourth-order valence-electron chi connectivity index (χ4n) is 3.37. The van der Waals surface area contributed by atoms with Crippen LogP contribution in [0.5, 0.6) is 11.5 Å². The smallest absolute Gasteiger partial charge is 0.417 e. The zero-order valence-electron chi connectivity index (χ0n) is 17.9. The van der Waals surface area contributed by atoms with E-state index in [-0.39, 0.29) is 22.9 Å². The second-order valence-electron chi connectivity index (χ2n) is 7.39. The lowest BCUT2D eigenvalue weighted by Gasteiger charge is -2.26. The number of nitrogens with one attached hydrogen (secondary N) is 1. The third-order valence-corrected chi connectivity index (χ3v) is 7.11. The van der Waals surface area contributed by atoms with Crippen LogP contribution in [0.25, 0.3) is 0 Å². The summed E-state index contributed by atoms with van der Waals surface area (Å²) in [6, 6.07) is 14.7. The Labute approximate surface area is 204 Å². The average molecular weight is 527 g/mol. The lowest BCUT2D eigenvalue weighted by Crippen LogP contribution is -2.38. The van der Waals surface area contributed by atoms with E-state index < -0.39 is 39.2 Å². The van der Waals surface area contributed by atoms with E-state index in [1.54, 1.807) is 6.07 Å². The molecule has 7 nitrogen and oxygen atoms in total. The van der Waals surface area contributed by atoms with Crippen molar-refractivity contribution in [1.29, 1.82) is 0 Å². The van der Waals surface area contributed by atoms with Crippen molar-refractivity contribution in [3.05, 3.63) is 77.3 Å². The van der Waals surface area contributed by atoms with Crippen molar-refractivity contribution < 1.29 is 35.9 Å². The number of hydrogen-bond donors (Lipinski definition) is 1. The Balaban J connectivity index is 1.67. The van der Waals surface area contributed by atoms with E-state index in [1.165, 1.54) is 48.5 Å². The van der Waals surface area contributed by atoms with Crippen molar-refractivity contribution in [3.63, 3.8) is 0 Å². The third kappa shape index (κ3) is 5.46. The van der Waals surface area contributed by atoms with Gasteiger partial charge in [0, 0.05) is 11.8 Å². The minimum absolute atomic E-state index is 0.0754. The van der Waals surface area contributed by atoms with Crippen LogP contribution in [0, 0.1) is 0 Å². The molecule has 0 unspecified atom stereocenters. The molecular weight excluding hydrogens is 509 g/mol. The Morgan fingerprint density at radius 3 is 2.34 bits per heavy atom. The first-order valence-corrected chi connectivity index (χ1v) is 12.0. The number of benzene rings is 3. The highest BCUT2D eigenvalue weighted by Gasteiger charge is 2.34. The molecule has 35 heavy (non-hydrogen) atoms. The summed E-state index contributed by atoms with van der Waals surface area (Å²) in [5.74, 6) is -0.146. The minimum Gasteiger partial charge on any atom is -0.486 e. The quantitative estimate of drug-likeness (QED) is 0.490. The molecule has 12 heteroatoms. The number of fused-ring (bicyclic) bond motifs is 1. The molecule has 3 aromatic carbocycles. The van der Waals surface area contributed by atoms with Crippen molar-refractivity contribution in [1.82, 2.24) is 0 Å². The van der Waals surface area contributed by atoms with E-state index in [2.05, 4.69) is 5.32 Å². The fraction of sp³-hybridized carbons (Fsp3) is 0.174. The summed E-state index contributed by atoms with van der Waals surface area (Å²) in [6.07, 6.45) is -4.73. The van der Waals surface area contributed by atoms with Gasteiger partial charge in [-0.15, -0.1) is 0 Å². The number of sulfonamides is 1. The van der Waals surface area contributed by atoms with Crippen molar-refractivity contribution in [2.24, 2.45) is 0 Å². The summed E-state index contributed by atoms with van der Waals surface area (Å²) < 4.78 is 78.2. The molecule has 1 amide bonds. The van der Waals surface area contributed by atoms with E-state index in [9.17, 15) is 26.4 Å². The van der Waals surface area contributed by atoms with Crippen LogP contribution in [0.2, 0.25) is 5.02 Å². The van der Waals surface area contributed by atoms with Gasteiger partial charge in [0.15, 0.2) is 11.5 Å². The predicted octanol–water partition coefficient (Wildman–Crippen LogP) is 4.96. The second kappa shape index (κ2) is 9.67. The molecule has 0 spiro atoms. The summed E-state index contributed by atoms with van der Waals surface area (Å²) in [6.45, 7) is -0.122. The summed E-state index contributed by atoms with van der Waals surface area (Å²) in [4.78, 5) is 12.7. The molecule has 1 aliphatic rings. The van der Waals surface area contributed by atoms with Crippen molar-refractivity contribution in [2.45, 2.75) is 11.1 Å². The number of carbonyl (C=O) groups is 1. The Kier molecular flexibility index (Phi) is 6.82. The summed E-state index contributed by atoms with van der Waals surface area (Å²) >= 11 is 5.63. The van der Waals surface area contributed by atoms with Gasteiger partial charge in [-0.25, -0.2) is 8.42 Å². The minimum atomic E-state index is -4.73. The van der Waals surface area contributed by atoms with Crippen molar-refractivity contribution in [2.75, 3.05) is 29.4 Å². The maximum atomic E-state index is 13.4. The average Bonchev–Trinajstić information content (AvgIpc) is 2.83. The van der Waals surface area contributed by atoms with Crippen LogP contribution in [-0.2, 0) is 21.0 Å². The first kappa shape index (κ1) is 24.7. The highest BCUT2D eigenvalue weighted by Crippen LogP contribution is 2.37. The SMILES string of the molecule is O=C(CN(c1ccc2c(c1)OCCO2)S(=O)(=O)c1ccccc1)Nc1ccc(Cl)c(C(F)(F)F)c1. The lowest BCUT2D eigenvalue weighted by atomic mass is 10.2. The molecule has 0 radical (unpaired) electrons. The number of nitrogens with zero attached hydrogens (tertiary/aromatic N) is 1. The fourth-order valence-corrected chi connectivity index (χ4v) is 5.03. The Morgan fingerprint density at radius 1 is 0.971 bits per heavy atom. The van der Waals surface area contributed by atoms with E-state index in [4.69, 9.17) is 21.1 Å². The standard InChI is InChI=1S/C23H18ClF3N2O5S/c24-19-8-6-15(12-18(19)23(25,26)27)28-22(30)14-29(35(31,32)17-4-2-1-3-5-17)16-7-9-20-21(13-16)34-11-10-33-20/h1-9,12-13H,10-11,14H2,(H,28,30). The molecule has 0 fully saturated rings. The molecule has 0 saturated heterocycles. The molecule has 184 valence electrons. The van der Waals surface area contributed by atoms with Gasteiger partial charge in [0.25, 0.3) is 10.0 Å². The Morgan fingerprint density at radius 2 is 1.66 bits per heavy atom. The molecule has 1 heterocycles. The zero-order chi connectivity index (χ0) is 25.2. The van der Waals surface area contributed by atoms with Crippen LogP contribution in [0.15, 0.2) is 71.6 Å². The van der Waals surface area contributed by atoms with E-state index in [0.717, 1.165) is 10.4 Å². The molecule has 0 atom stereocenters. The molecule has 1 aliphatic heterocycles.